The number of rotatable bonds is 5. The summed E-state index contributed by atoms with van der Waals surface area (Å²) in [5, 5.41) is 0.0847. The van der Waals surface area contributed by atoms with E-state index in [1.165, 1.54) is 11.0 Å². The number of amides is 1. The van der Waals surface area contributed by atoms with Gasteiger partial charge in [0.15, 0.2) is 0 Å². The third-order valence-electron chi connectivity index (χ3n) is 5.72. The molecule has 27 heavy (non-hydrogen) atoms. The first-order valence-electron chi connectivity index (χ1n) is 9.59. The molecule has 0 spiro atoms. The Balaban J connectivity index is 2.15. The molecule has 1 aliphatic heterocycles. The van der Waals surface area contributed by atoms with Crippen LogP contribution in [0.2, 0.25) is 33.0 Å². The second kappa shape index (κ2) is 7.67. The predicted molar refractivity (Wildman–Crippen MR) is 115 cm³/mol. The second-order valence-electron chi connectivity index (χ2n) is 10.0. The molecule has 1 unspecified atom stereocenters. The molecule has 0 bridgehead atoms. The number of hydrogen-bond donors (Lipinski definition) is 0. The predicted octanol–water partition coefficient (Wildman–Crippen LogP) is 5.11. The molecule has 1 aromatic carbocycles. The molecular weight excluding hydrogens is 468 g/mol. The van der Waals surface area contributed by atoms with E-state index in [-0.39, 0.29) is 23.1 Å². The van der Waals surface area contributed by atoms with Gasteiger partial charge in [0.1, 0.15) is 0 Å². The Hall–Kier alpha value is -0.604. The Kier molecular flexibility index (Phi) is 6.44. The van der Waals surface area contributed by atoms with Gasteiger partial charge in [-0.15, -0.1) is 0 Å². The number of nitrogens with zero attached hydrogens (tertiary/aromatic N) is 1. The molecule has 1 saturated heterocycles. The fraction of sp³-hybridized carbons (Fsp3) is 0.650. The van der Waals surface area contributed by atoms with E-state index in [2.05, 4.69) is 48.7 Å². The summed E-state index contributed by atoms with van der Waals surface area (Å²) in [6.45, 7) is 13.3. The molecule has 2 atom stereocenters. The van der Waals surface area contributed by atoms with Crippen LogP contribution in [0.1, 0.15) is 27.7 Å². The zero-order valence-corrected chi connectivity index (χ0v) is 22.0. The van der Waals surface area contributed by atoms with Gasteiger partial charge in [-0.05, 0) is 0 Å². The number of cyclic esters (lactones) is 1. The van der Waals surface area contributed by atoms with Crippen molar-refractivity contribution in [1.82, 2.24) is 0 Å². The maximum absolute atomic E-state index is 14.6. The van der Waals surface area contributed by atoms with Gasteiger partial charge in [-0.3, -0.25) is 0 Å². The average molecular weight is 502 g/mol. The van der Waals surface area contributed by atoms with Gasteiger partial charge in [0.2, 0.25) is 0 Å². The van der Waals surface area contributed by atoms with Gasteiger partial charge < -0.3 is 0 Å². The summed E-state index contributed by atoms with van der Waals surface area (Å²) in [6, 6.07) is 5.15. The Morgan fingerprint density at radius 1 is 1.30 bits per heavy atom. The number of anilines is 1. The van der Waals surface area contributed by atoms with Gasteiger partial charge in [0.05, 0.1) is 0 Å². The molecule has 1 aromatic rings. The van der Waals surface area contributed by atoms with Gasteiger partial charge in [-0.2, -0.15) is 0 Å². The quantitative estimate of drug-likeness (QED) is 0.526. The zero-order chi connectivity index (χ0) is 20.8. The third kappa shape index (κ3) is 5.06. The Bertz CT molecular complexity index is 712. The molecule has 4 nitrogen and oxygen atoms in total. The maximum atomic E-state index is 14.6. The second-order valence-corrected chi connectivity index (χ2v) is 29.2. The number of ether oxygens (including phenoxy) is 1. The van der Waals surface area contributed by atoms with Gasteiger partial charge in [0, 0.05) is 0 Å². The molecule has 0 aliphatic carbocycles. The summed E-state index contributed by atoms with van der Waals surface area (Å²) in [5.41, 5.74) is 0.554. The summed E-state index contributed by atoms with van der Waals surface area (Å²) >= 11 is -2.51. The first-order chi connectivity index (χ1) is 12.1. The Labute approximate surface area is 168 Å². The number of carbonyl (C=O) groups excluding carboxylic acids is 1. The molecule has 1 fully saturated rings. The summed E-state index contributed by atoms with van der Waals surface area (Å²) in [7, 11) is -1.96. The fourth-order valence-corrected chi connectivity index (χ4v) is 8.29. The Morgan fingerprint density at radius 3 is 2.37 bits per heavy atom. The number of halogens is 1. The van der Waals surface area contributed by atoms with Crippen LogP contribution in [-0.2, 0) is 9.16 Å². The van der Waals surface area contributed by atoms with Crippen LogP contribution in [0, 0.1) is 5.82 Å². The fourth-order valence-electron chi connectivity index (χ4n) is 2.94. The molecule has 1 heterocycles. The standard InChI is InChI=1S/C17H25FNO3Si.3CH3.Sn/c1-12(22-23(5,6)17(2,3)4)15-11-19(16(20)21-15)14-9-7-8-13(18)10-14;;;;/h7,9-10,12,15H,11H2,1-6H3;3*1H3;/t12?,15-;;;;/m1..../s1. The zero-order valence-electron chi connectivity index (χ0n) is 18.1. The normalized spacial score (nSPS) is 20.0. The van der Waals surface area contributed by atoms with Crippen LogP contribution >= 0.6 is 0 Å². The van der Waals surface area contributed by atoms with Crippen molar-refractivity contribution in [3.8, 4) is 0 Å². The van der Waals surface area contributed by atoms with E-state index < -0.39 is 32.8 Å². The van der Waals surface area contributed by atoms with E-state index in [9.17, 15) is 9.18 Å². The molecule has 7 heteroatoms. The van der Waals surface area contributed by atoms with Crippen molar-refractivity contribution < 1.29 is 18.3 Å². The summed E-state index contributed by atoms with van der Waals surface area (Å²) in [4.78, 5) is 20.4. The number of carbonyl (C=O) groups is 1. The van der Waals surface area contributed by atoms with Crippen molar-refractivity contribution in [2.24, 2.45) is 0 Å². The van der Waals surface area contributed by atoms with E-state index in [4.69, 9.17) is 9.16 Å². The van der Waals surface area contributed by atoms with Crippen molar-refractivity contribution in [2.75, 3.05) is 11.4 Å². The minimum absolute atomic E-state index is 0.0847. The summed E-state index contributed by atoms with van der Waals surface area (Å²) in [5.74, 6) is -0.211. The monoisotopic (exact) mass is 503 g/mol. The van der Waals surface area contributed by atoms with Crippen LogP contribution in [0.15, 0.2) is 18.2 Å². The van der Waals surface area contributed by atoms with Crippen LogP contribution in [-0.4, -0.2) is 51.5 Å². The molecule has 0 N–H and O–H groups in total. The minimum atomic E-state index is -2.51. The van der Waals surface area contributed by atoms with Crippen molar-refractivity contribution in [3.05, 3.63) is 24.0 Å². The van der Waals surface area contributed by atoms with Gasteiger partial charge in [0.25, 0.3) is 0 Å². The first-order valence-corrected chi connectivity index (χ1v) is 22.5. The SMILES string of the molecule is CC(O[Si](C)(C)C(C)(C)C)[C@H]1CN(c2cc[c]([Sn]([CH3])([CH3])[CH3])c(F)c2)C(=O)O1. The van der Waals surface area contributed by atoms with Crippen LogP contribution in [0.25, 0.3) is 0 Å². The molecule has 152 valence electrons. The molecule has 2 rings (SSSR count). The van der Waals surface area contributed by atoms with Crippen LogP contribution in [0.5, 0.6) is 0 Å². The molecular formula is C20H34FNO3SiSn. The van der Waals surface area contributed by atoms with Crippen LogP contribution in [0.4, 0.5) is 14.9 Å². The summed E-state index contributed by atoms with van der Waals surface area (Å²) < 4.78 is 27.4. The van der Waals surface area contributed by atoms with Gasteiger partial charge in [-0.25, -0.2) is 0 Å². The van der Waals surface area contributed by atoms with Gasteiger partial charge in [-0.1, -0.05) is 0 Å². The first kappa shape index (κ1) is 22.7. The van der Waals surface area contributed by atoms with E-state index in [1.807, 2.05) is 19.1 Å². The molecule has 0 radical (unpaired) electrons. The summed E-state index contributed by atoms with van der Waals surface area (Å²) in [6.07, 6.45) is -0.983. The molecule has 1 aliphatic rings. The van der Waals surface area contributed by atoms with E-state index in [0.717, 1.165) is 3.58 Å². The number of benzene rings is 1. The molecule has 0 aromatic heterocycles. The molecule has 1 amide bonds. The van der Waals surface area contributed by atoms with Crippen molar-refractivity contribution in [2.45, 2.75) is 72.9 Å². The molecule has 0 saturated carbocycles. The van der Waals surface area contributed by atoms with Gasteiger partial charge >= 0.3 is 169 Å². The average Bonchev–Trinajstić information content (AvgIpc) is 2.86. The van der Waals surface area contributed by atoms with E-state index >= 15 is 0 Å². The van der Waals surface area contributed by atoms with E-state index in [1.54, 1.807) is 0 Å². The Morgan fingerprint density at radius 2 is 1.89 bits per heavy atom. The van der Waals surface area contributed by atoms with Crippen molar-refractivity contribution >= 4 is 42.1 Å². The van der Waals surface area contributed by atoms with Crippen LogP contribution in [0.3, 0.4) is 0 Å². The topological polar surface area (TPSA) is 38.8 Å². The third-order valence-corrected chi connectivity index (χ3v) is 16.1. The number of hydrogen-bond acceptors (Lipinski definition) is 3. The van der Waals surface area contributed by atoms with Crippen molar-refractivity contribution in [1.29, 1.82) is 0 Å². The van der Waals surface area contributed by atoms with E-state index in [0.29, 0.717) is 12.2 Å². The van der Waals surface area contributed by atoms with Crippen molar-refractivity contribution in [3.63, 3.8) is 0 Å². The van der Waals surface area contributed by atoms with Crippen LogP contribution < -0.4 is 8.48 Å².